The van der Waals surface area contributed by atoms with Crippen LogP contribution in [0.2, 0.25) is 0 Å². The van der Waals surface area contributed by atoms with Crippen LogP contribution in [0.15, 0.2) is 160 Å². The van der Waals surface area contributed by atoms with Gasteiger partial charge in [0.15, 0.2) is 12.3 Å². The molecule has 0 aliphatic heterocycles. The number of aryl methyl sites for hydroxylation is 1. The Balaban J connectivity index is 1.41. The molecule has 0 saturated heterocycles. The van der Waals surface area contributed by atoms with Gasteiger partial charge in [0.2, 0.25) is 0 Å². The molecule has 2 N–H and O–H groups in total. The molecule has 0 atom stereocenters. The predicted octanol–water partition coefficient (Wildman–Crippen LogP) is 9.72. The highest BCUT2D eigenvalue weighted by Gasteiger charge is 2.22. The summed E-state index contributed by atoms with van der Waals surface area (Å²) in [4.78, 5) is 14.0. The number of ether oxygens (including phenoxy) is 1. The van der Waals surface area contributed by atoms with E-state index in [0.717, 1.165) is 55.9 Å². The van der Waals surface area contributed by atoms with Gasteiger partial charge in [-0.15, -0.1) is 4.91 Å². The topological polar surface area (TPSA) is 157 Å². The summed E-state index contributed by atoms with van der Waals surface area (Å²) in [7, 11) is -8.70. The Kier molecular flexibility index (Phi) is 13.8. The van der Waals surface area contributed by atoms with E-state index >= 15 is 0 Å². The summed E-state index contributed by atoms with van der Waals surface area (Å²) in [6.45, 7) is 12.7. The fourth-order valence-electron chi connectivity index (χ4n) is 7.39. The van der Waals surface area contributed by atoms with E-state index in [1.54, 1.807) is 36.4 Å². The second-order valence-corrected chi connectivity index (χ2v) is 17.4. The third-order valence-corrected chi connectivity index (χ3v) is 12.2. The Labute approximate surface area is 357 Å². The summed E-state index contributed by atoms with van der Waals surface area (Å²) < 4.78 is 74.3. The molecule has 61 heavy (non-hydrogen) atoms. The number of anilines is 3. The Morgan fingerprint density at radius 1 is 0.721 bits per heavy atom. The van der Waals surface area contributed by atoms with E-state index in [4.69, 9.17) is 4.74 Å². The lowest BCUT2D eigenvalue weighted by Gasteiger charge is -2.26. The molecule has 1 aliphatic carbocycles. The zero-order valence-electron chi connectivity index (χ0n) is 34.7. The van der Waals surface area contributed by atoms with Crippen LogP contribution in [0.1, 0.15) is 55.5 Å². The van der Waals surface area contributed by atoms with Gasteiger partial charge in [-0.3, -0.25) is 9.11 Å². The average Bonchev–Trinajstić information content (AvgIpc) is 3.24. The zero-order chi connectivity index (χ0) is 43.9. The molecule has 0 spiro atoms. The van der Waals surface area contributed by atoms with Crippen molar-refractivity contribution in [1.29, 1.82) is 0 Å². The maximum absolute atomic E-state index is 12.2. The minimum absolute atomic E-state index is 0.154. The first-order valence-electron chi connectivity index (χ1n) is 19.8. The molecular weight excluding hydrogens is 813 g/mol. The number of hydrogen-bond donors (Lipinski definition) is 2. The molecule has 1 aliphatic rings. The highest BCUT2D eigenvalue weighted by atomic mass is 32.2. The van der Waals surface area contributed by atoms with Gasteiger partial charge in [-0.05, 0) is 152 Å². The second-order valence-electron chi connectivity index (χ2n) is 14.5. The van der Waals surface area contributed by atoms with Crippen LogP contribution in [0, 0.1) is 11.8 Å². The molecule has 316 valence electrons. The molecule has 0 heterocycles. The monoisotopic (exact) mass is 861 g/mol. The van der Waals surface area contributed by atoms with Crippen LogP contribution >= 0.6 is 0 Å². The van der Waals surface area contributed by atoms with E-state index in [1.807, 2.05) is 83.2 Å². The number of allylic oxidation sites excluding steroid dienone is 5. The normalized spacial score (nSPS) is 14.6. The smallest absolute Gasteiger partial charge is 0.294 e. The van der Waals surface area contributed by atoms with Gasteiger partial charge in [0.1, 0.15) is 12.3 Å². The summed E-state index contributed by atoms with van der Waals surface area (Å²) in [5.41, 5.74) is 10.3. The molecule has 0 aromatic heterocycles. The lowest BCUT2D eigenvalue weighted by atomic mass is 9.85. The molecule has 14 heteroatoms. The number of hydrogen-bond acceptors (Lipinski definition) is 8. The van der Waals surface area contributed by atoms with Gasteiger partial charge in [-0.1, -0.05) is 42.5 Å². The summed E-state index contributed by atoms with van der Waals surface area (Å²) in [5.74, 6) is 0.691. The Bertz CT molecular complexity index is 2780. The third kappa shape index (κ3) is 10.6. The van der Waals surface area contributed by atoms with Gasteiger partial charge >= 0.3 is 0 Å². The molecule has 0 bridgehead atoms. The third-order valence-electron chi connectivity index (χ3n) is 10.5. The predicted molar refractivity (Wildman–Crippen MR) is 241 cm³/mol. The number of nitrogens with zero attached hydrogens (tertiary/aromatic N) is 4. The highest BCUT2D eigenvalue weighted by Crippen LogP contribution is 2.38. The number of rotatable bonds is 16. The van der Waals surface area contributed by atoms with Crippen molar-refractivity contribution in [2.45, 2.75) is 57.5 Å². The molecule has 5 aromatic carbocycles. The van der Waals surface area contributed by atoms with Crippen molar-refractivity contribution in [2.24, 2.45) is 5.29 Å². The zero-order valence-corrected chi connectivity index (χ0v) is 36.3. The van der Waals surface area contributed by atoms with Crippen molar-refractivity contribution in [2.75, 3.05) is 29.6 Å². The second kappa shape index (κ2) is 19.0. The molecular formula is C47H49N4O8S2+. The minimum Gasteiger partial charge on any atom is -0.494 e. The van der Waals surface area contributed by atoms with Crippen molar-refractivity contribution in [3.63, 3.8) is 0 Å². The molecule has 6 rings (SSSR count). The molecule has 0 radical (unpaired) electrons. The van der Waals surface area contributed by atoms with Gasteiger partial charge in [0, 0.05) is 36.5 Å². The first-order valence-corrected chi connectivity index (χ1v) is 22.7. The van der Waals surface area contributed by atoms with Crippen LogP contribution in [0.3, 0.4) is 0 Å². The van der Waals surface area contributed by atoms with E-state index < -0.39 is 20.2 Å². The SMILES string of the molecule is CCOc1ccc(N(N=O)c2ccc(C(=C3C=CC(=[N+](CC)Cc4cccc(S(=O)(=O)O)c4)C=C3C)c3ccc(N(CC)Cc4cccc(S(=O)(=O)O)c4)cc3C)cc2)cc1. The largest absolute Gasteiger partial charge is 0.494 e. The highest BCUT2D eigenvalue weighted by molar-refractivity contribution is 7.86. The summed E-state index contributed by atoms with van der Waals surface area (Å²) in [5, 5.41) is 4.66. The maximum Gasteiger partial charge on any atom is 0.294 e. The quantitative estimate of drug-likeness (QED) is 0.0424. The van der Waals surface area contributed by atoms with E-state index in [0.29, 0.717) is 49.9 Å². The fraction of sp³-hybridized carbons (Fsp3) is 0.213. The van der Waals surface area contributed by atoms with Crippen molar-refractivity contribution in [1.82, 2.24) is 0 Å². The lowest BCUT2D eigenvalue weighted by molar-refractivity contribution is -0.539. The summed E-state index contributed by atoms with van der Waals surface area (Å²) in [6.07, 6.45) is 6.23. The standard InChI is InChI=1S/C47H48N4O8S2/c1-6-49(31-35-11-9-13-43(29-35)60(53,54)55)40-21-25-45(33(4)27-40)47(37-15-17-38(18-16-37)51(48-52)39-19-23-42(24-20-39)59-8-3)46-26-22-41(28-34(46)5)50(7-2)32-36-12-10-14-44(30-36)61(56,57)58/h9-30H,6-8,31-32H2,1-5H3,(H-,53,54,55,56,57,58)/p+1. The van der Waals surface area contributed by atoms with Crippen LogP contribution in [-0.4, -0.2) is 55.9 Å². The molecule has 5 aromatic rings. The first-order chi connectivity index (χ1) is 29.1. The molecule has 0 saturated carbocycles. The van der Waals surface area contributed by atoms with Crippen LogP contribution in [0.5, 0.6) is 5.75 Å². The average molecular weight is 862 g/mol. The number of nitroso groups, excluding NO2 is 1. The summed E-state index contributed by atoms with van der Waals surface area (Å²) >= 11 is 0. The minimum atomic E-state index is -4.35. The Hall–Kier alpha value is -6.19. The molecule has 0 unspecified atom stereocenters. The van der Waals surface area contributed by atoms with Gasteiger partial charge in [0.25, 0.3) is 20.2 Å². The van der Waals surface area contributed by atoms with Crippen molar-refractivity contribution < 1.29 is 35.3 Å². The molecule has 0 fully saturated rings. The van der Waals surface area contributed by atoms with E-state index in [1.165, 1.54) is 29.3 Å². The van der Waals surface area contributed by atoms with Gasteiger partial charge in [-0.2, -0.15) is 21.8 Å². The maximum atomic E-state index is 12.2. The van der Waals surface area contributed by atoms with E-state index in [9.17, 15) is 30.8 Å². The van der Waals surface area contributed by atoms with Gasteiger partial charge in [0.05, 0.1) is 33.1 Å². The fourth-order valence-corrected chi connectivity index (χ4v) is 8.49. The lowest BCUT2D eigenvalue weighted by Crippen LogP contribution is -2.22. The molecule has 12 nitrogen and oxygen atoms in total. The van der Waals surface area contributed by atoms with Crippen molar-refractivity contribution in [3.8, 4) is 5.75 Å². The van der Waals surface area contributed by atoms with E-state index in [-0.39, 0.29) is 9.79 Å². The first kappa shape index (κ1) is 44.4. The van der Waals surface area contributed by atoms with Crippen LogP contribution in [-0.2, 0) is 33.3 Å². The van der Waals surface area contributed by atoms with Gasteiger partial charge in [-0.25, -0.2) is 4.58 Å². The Morgan fingerprint density at radius 3 is 1.85 bits per heavy atom. The van der Waals surface area contributed by atoms with Crippen LogP contribution in [0.4, 0.5) is 17.1 Å². The van der Waals surface area contributed by atoms with Crippen LogP contribution < -0.4 is 14.6 Å². The Morgan fingerprint density at radius 2 is 1.31 bits per heavy atom. The van der Waals surface area contributed by atoms with Gasteiger partial charge < -0.3 is 9.64 Å². The van der Waals surface area contributed by atoms with Crippen LogP contribution in [0.25, 0.3) is 5.57 Å². The number of benzene rings is 5. The summed E-state index contributed by atoms with van der Waals surface area (Å²) in [6, 6.07) is 33.6. The molecule has 0 amide bonds. The van der Waals surface area contributed by atoms with Crippen molar-refractivity contribution in [3.05, 3.63) is 177 Å². The van der Waals surface area contributed by atoms with Crippen molar-refractivity contribution >= 4 is 48.6 Å². The van der Waals surface area contributed by atoms with E-state index in [2.05, 4.69) is 39.0 Å².